The van der Waals surface area contributed by atoms with Gasteiger partial charge in [0.25, 0.3) is 5.91 Å². The predicted octanol–water partition coefficient (Wildman–Crippen LogP) is 4.29. The number of nitrogens with one attached hydrogen (secondary N) is 1. The Morgan fingerprint density at radius 3 is 2.38 bits per heavy atom. The summed E-state index contributed by atoms with van der Waals surface area (Å²) < 4.78 is 13.8. The van der Waals surface area contributed by atoms with E-state index in [9.17, 15) is 14.0 Å². The molecule has 6 heteroatoms. The van der Waals surface area contributed by atoms with Crippen LogP contribution in [0.4, 0.5) is 10.1 Å². The normalized spacial score (nSPS) is 14.2. The number of anilines is 1. The zero-order valence-corrected chi connectivity index (χ0v) is 15.1. The maximum atomic E-state index is 13.8. The van der Waals surface area contributed by atoms with E-state index in [2.05, 4.69) is 5.32 Å². The summed E-state index contributed by atoms with van der Waals surface area (Å²) in [5, 5.41) is 2.93. The molecule has 4 nitrogen and oxygen atoms in total. The van der Waals surface area contributed by atoms with Crippen molar-refractivity contribution in [3.05, 3.63) is 64.4 Å². The Balaban J connectivity index is 1.62. The van der Waals surface area contributed by atoms with Crippen molar-refractivity contribution in [2.24, 2.45) is 0 Å². The summed E-state index contributed by atoms with van der Waals surface area (Å²) in [4.78, 5) is 26.4. The fourth-order valence-electron chi connectivity index (χ4n) is 3.04. The quantitative estimate of drug-likeness (QED) is 0.868. The Morgan fingerprint density at radius 2 is 1.73 bits per heavy atom. The minimum absolute atomic E-state index is 0.0146. The molecule has 1 saturated heterocycles. The van der Waals surface area contributed by atoms with Crippen LogP contribution in [-0.4, -0.2) is 29.8 Å². The molecule has 1 heterocycles. The Morgan fingerprint density at radius 1 is 1.04 bits per heavy atom. The van der Waals surface area contributed by atoms with Crippen LogP contribution in [0.3, 0.4) is 0 Å². The van der Waals surface area contributed by atoms with Gasteiger partial charge in [0, 0.05) is 34.9 Å². The lowest BCUT2D eigenvalue weighted by molar-refractivity contribution is -0.115. The average Bonchev–Trinajstić information content (AvgIpc) is 2.66. The van der Waals surface area contributed by atoms with Crippen LogP contribution in [0.15, 0.2) is 42.5 Å². The lowest BCUT2D eigenvalue weighted by Gasteiger charge is -2.26. The molecule has 0 aromatic heterocycles. The summed E-state index contributed by atoms with van der Waals surface area (Å²) in [6.45, 7) is 1.58. The molecule has 0 unspecified atom stereocenters. The third-order valence-corrected chi connectivity index (χ3v) is 4.81. The second kappa shape index (κ2) is 8.32. The fraction of sp³-hybridized carbons (Fsp3) is 0.300. The molecular formula is C20H20ClFN2O2. The molecule has 2 amide bonds. The van der Waals surface area contributed by atoms with Crippen molar-refractivity contribution >= 4 is 29.1 Å². The summed E-state index contributed by atoms with van der Waals surface area (Å²) in [7, 11) is 0. The van der Waals surface area contributed by atoms with Gasteiger partial charge in [-0.25, -0.2) is 4.39 Å². The first-order chi connectivity index (χ1) is 12.5. The standard InChI is InChI=1S/C20H20ClFN2O2/c21-17-5-4-6-18(22)16(17)13-19(25)23-15-9-7-14(8-10-15)20(26)24-11-2-1-3-12-24/h4-10H,1-3,11-13H2,(H,23,25). The van der Waals surface area contributed by atoms with Gasteiger partial charge in [-0.05, 0) is 55.7 Å². The van der Waals surface area contributed by atoms with E-state index in [4.69, 9.17) is 11.6 Å². The largest absolute Gasteiger partial charge is 0.339 e. The van der Waals surface area contributed by atoms with E-state index in [1.807, 2.05) is 4.90 Å². The number of amides is 2. The molecule has 26 heavy (non-hydrogen) atoms. The lowest BCUT2D eigenvalue weighted by atomic mass is 10.1. The second-order valence-corrected chi connectivity index (χ2v) is 6.76. The zero-order valence-electron chi connectivity index (χ0n) is 14.3. The maximum absolute atomic E-state index is 13.8. The number of hydrogen-bond acceptors (Lipinski definition) is 2. The molecule has 0 saturated carbocycles. The van der Waals surface area contributed by atoms with Crippen LogP contribution in [-0.2, 0) is 11.2 Å². The first-order valence-corrected chi connectivity index (χ1v) is 9.04. The number of benzene rings is 2. The number of nitrogens with zero attached hydrogens (tertiary/aromatic N) is 1. The van der Waals surface area contributed by atoms with Gasteiger partial charge >= 0.3 is 0 Å². The molecule has 1 aliphatic heterocycles. The Hall–Kier alpha value is -2.40. The van der Waals surface area contributed by atoms with E-state index < -0.39 is 5.82 Å². The first-order valence-electron chi connectivity index (χ1n) is 8.66. The van der Waals surface area contributed by atoms with Crippen LogP contribution in [0.25, 0.3) is 0 Å². The summed E-state index contributed by atoms with van der Waals surface area (Å²) in [6.07, 6.45) is 3.09. The maximum Gasteiger partial charge on any atom is 0.253 e. The SMILES string of the molecule is O=C(Cc1c(F)cccc1Cl)Nc1ccc(C(=O)N2CCCCC2)cc1. The molecule has 0 atom stereocenters. The van der Waals surface area contributed by atoms with Gasteiger partial charge in [0.2, 0.25) is 5.91 Å². The number of carbonyl (C=O) groups excluding carboxylic acids is 2. The molecule has 1 fully saturated rings. The van der Waals surface area contributed by atoms with Crippen molar-refractivity contribution in [1.82, 2.24) is 4.90 Å². The molecule has 0 aliphatic carbocycles. The van der Waals surface area contributed by atoms with Crippen LogP contribution in [0.1, 0.15) is 35.2 Å². The number of likely N-dealkylation sites (tertiary alicyclic amines) is 1. The number of carbonyl (C=O) groups is 2. The number of piperidine rings is 1. The van der Waals surface area contributed by atoms with Gasteiger partial charge in [0.1, 0.15) is 5.82 Å². The zero-order chi connectivity index (χ0) is 18.5. The van der Waals surface area contributed by atoms with Crippen molar-refractivity contribution in [3.8, 4) is 0 Å². The highest BCUT2D eigenvalue weighted by molar-refractivity contribution is 6.31. The van der Waals surface area contributed by atoms with Gasteiger partial charge < -0.3 is 10.2 Å². The third kappa shape index (κ3) is 4.41. The highest BCUT2D eigenvalue weighted by atomic mass is 35.5. The smallest absolute Gasteiger partial charge is 0.253 e. The Kier molecular flexibility index (Phi) is 5.89. The Labute approximate surface area is 157 Å². The lowest BCUT2D eigenvalue weighted by Crippen LogP contribution is -2.35. The molecular weight excluding hydrogens is 355 g/mol. The molecule has 0 spiro atoms. The van der Waals surface area contributed by atoms with E-state index >= 15 is 0 Å². The van der Waals surface area contributed by atoms with Gasteiger partial charge in [0.05, 0.1) is 6.42 Å². The fourth-order valence-corrected chi connectivity index (χ4v) is 3.27. The second-order valence-electron chi connectivity index (χ2n) is 6.36. The van der Waals surface area contributed by atoms with Crippen LogP contribution in [0, 0.1) is 5.82 Å². The summed E-state index contributed by atoms with van der Waals surface area (Å²) >= 11 is 5.94. The predicted molar refractivity (Wildman–Crippen MR) is 99.9 cm³/mol. The minimum Gasteiger partial charge on any atom is -0.339 e. The molecule has 0 bridgehead atoms. The van der Waals surface area contributed by atoms with Crippen molar-refractivity contribution in [3.63, 3.8) is 0 Å². The van der Waals surface area contributed by atoms with Gasteiger partial charge in [-0.15, -0.1) is 0 Å². The first kappa shape index (κ1) is 18.4. The monoisotopic (exact) mass is 374 g/mol. The van der Waals surface area contributed by atoms with Gasteiger partial charge in [-0.3, -0.25) is 9.59 Å². The Bertz CT molecular complexity index is 782. The molecule has 1 aliphatic rings. The topological polar surface area (TPSA) is 49.4 Å². The van der Waals surface area contributed by atoms with Crippen molar-refractivity contribution in [2.75, 3.05) is 18.4 Å². The van der Waals surface area contributed by atoms with Crippen LogP contribution < -0.4 is 5.32 Å². The number of hydrogen-bond donors (Lipinski definition) is 1. The molecule has 136 valence electrons. The van der Waals surface area contributed by atoms with E-state index in [-0.39, 0.29) is 28.8 Å². The molecule has 1 N–H and O–H groups in total. The summed E-state index contributed by atoms with van der Waals surface area (Å²) in [5.41, 5.74) is 1.32. The highest BCUT2D eigenvalue weighted by Gasteiger charge is 2.18. The highest BCUT2D eigenvalue weighted by Crippen LogP contribution is 2.20. The average molecular weight is 375 g/mol. The van der Waals surface area contributed by atoms with Crippen molar-refractivity contribution < 1.29 is 14.0 Å². The van der Waals surface area contributed by atoms with E-state index in [0.29, 0.717) is 11.3 Å². The minimum atomic E-state index is -0.505. The molecule has 0 radical (unpaired) electrons. The van der Waals surface area contributed by atoms with E-state index in [1.54, 1.807) is 30.3 Å². The number of rotatable bonds is 4. The van der Waals surface area contributed by atoms with Crippen LogP contribution in [0.2, 0.25) is 5.02 Å². The number of halogens is 2. The molecule has 2 aromatic carbocycles. The van der Waals surface area contributed by atoms with Crippen molar-refractivity contribution in [1.29, 1.82) is 0 Å². The van der Waals surface area contributed by atoms with E-state index in [0.717, 1.165) is 25.9 Å². The van der Waals surface area contributed by atoms with Gasteiger partial charge in [-0.1, -0.05) is 17.7 Å². The van der Waals surface area contributed by atoms with Crippen LogP contribution in [0.5, 0.6) is 0 Å². The van der Waals surface area contributed by atoms with Gasteiger partial charge in [-0.2, -0.15) is 0 Å². The van der Waals surface area contributed by atoms with E-state index in [1.165, 1.54) is 18.6 Å². The molecule has 2 aromatic rings. The van der Waals surface area contributed by atoms with Gasteiger partial charge in [0.15, 0.2) is 0 Å². The third-order valence-electron chi connectivity index (χ3n) is 4.46. The molecule has 3 rings (SSSR count). The van der Waals surface area contributed by atoms with Crippen LogP contribution >= 0.6 is 11.6 Å². The van der Waals surface area contributed by atoms with Crippen molar-refractivity contribution in [2.45, 2.75) is 25.7 Å². The summed E-state index contributed by atoms with van der Waals surface area (Å²) in [5.74, 6) is -0.858. The summed E-state index contributed by atoms with van der Waals surface area (Å²) in [6, 6.07) is 11.1.